The molecule has 1 aliphatic rings. The molecule has 0 aliphatic carbocycles. The number of benzene rings is 2. The van der Waals surface area contributed by atoms with Crippen molar-refractivity contribution >= 4 is 15.8 Å². The van der Waals surface area contributed by atoms with E-state index < -0.39 is 56.6 Å². The Bertz CT molecular complexity index is 1180. The highest BCUT2D eigenvalue weighted by Gasteiger charge is 2.48. The van der Waals surface area contributed by atoms with Crippen LogP contribution >= 0.6 is 0 Å². The molecule has 0 amide bonds. The predicted molar refractivity (Wildman–Crippen MR) is 152 cm³/mol. The average Bonchev–Trinajstić information content (AvgIpc) is 3.16. The van der Waals surface area contributed by atoms with Gasteiger partial charge in [-0.1, -0.05) is 74.5 Å². The van der Waals surface area contributed by atoms with E-state index in [1.165, 1.54) is 0 Å². The van der Waals surface area contributed by atoms with Crippen LogP contribution in [0.2, 0.25) is 0 Å². The molecule has 2 aromatic carbocycles. The number of aliphatic hydroxyl groups is 1. The van der Waals surface area contributed by atoms with Crippen LogP contribution in [0, 0.1) is 11.8 Å². The zero-order valence-electron chi connectivity index (χ0n) is 23.6. The van der Waals surface area contributed by atoms with Crippen molar-refractivity contribution < 1.29 is 27.8 Å². The van der Waals surface area contributed by atoms with Gasteiger partial charge in [0.1, 0.15) is 17.4 Å². The first kappa shape index (κ1) is 31.2. The Balaban J connectivity index is 1.96. The number of sulfone groups is 1. The summed E-state index contributed by atoms with van der Waals surface area (Å²) >= 11 is 0. The molecule has 0 radical (unpaired) electrons. The minimum atomic E-state index is -3.38. The quantitative estimate of drug-likeness (QED) is 0.281. The van der Waals surface area contributed by atoms with Crippen molar-refractivity contribution in [1.29, 1.82) is 0 Å². The number of hydrogen-bond acceptors (Lipinski definition) is 8. The summed E-state index contributed by atoms with van der Waals surface area (Å²) in [5.74, 6) is -1.38. The molecule has 39 heavy (non-hydrogen) atoms. The van der Waals surface area contributed by atoms with E-state index in [4.69, 9.17) is 20.9 Å². The second kappa shape index (κ2) is 12.5. The minimum absolute atomic E-state index is 0.00858. The SMILES string of the molecule is CC(C)[C@H]1[C@@H](O[C@H]([C@@H](O)C[C@H](Cc2ccccc2)C(=O)OC(C)(C)C)C(N)(N)c2ccccc2)CCS1(=O)=O. The molecule has 5 atom stereocenters. The van der Waals surface area contributed by atoms with Gasteiger partial charge in [-0.2, -0.15) is 0 Å². The highest BCUT2D eigenvalue weighted by Crippen LogP contribution is 2.34. The van der Waals surface area contributed by atoms with Crippen molar-refractivity contribution in [3.63, 3.8) is 0 Å². The summed E-state index contributed by atoms with van der Waals surface area (Å²) in [7, 11) is -3.38. The van der Waals surface area contributed by atoms with Crippen molar-refractivity contribution in [3.8, 4) is 0 Å². The smallest absolute Gasteiger partial charge is 0.309 e. The fraction of sp³-hybridized carbons (Fsp3) is 0.567. The van der Waals surface area contributed by atoms with E-state index in [0.717, 1.165) is 5.56 Å². The van der Waals surface area contributed by atoms with Gasteiger partial charge in [0, 0.05) is 0 Å². The lowest BCUT2D eigenvalue weighted by atomic mass is 9.85. The van der Waals surface area contributed by atoms with Gasteiger partial charge in [0.25, 0.3) is 0 Å². The Kier molecular flexibility index (Phi) is 9.99. The maximum absolute atomic E-state index is 13.3. The lowest BCUT2D eigenvalue weighted by Crippen LogP contribution is -2.62. The molecule has 0 unspecified atom stereocenters. The summed E-state index contributed by atoms with van der Waals surface area (Å²) < 4.78 is 37.7. The largest absolute Gasteiger partial charge is 0.460 e. The Morgan fingerprint density at radius 1 is 1.03 bits per heavy atom. The molecule has 1 saturated heterocycles. The number of rotatable bonds is 11. The molecule has 0 bridgehead atoms. The molecule has 3 rings (SSSR count). The first-order valence-corrected chi connectivity index (χ1v) is 15.3. The van der Waals surface area contributed by atoms with Crippen LogP contribution < -0.4 is 11.5 Å². The minimum Gasteiger partial charge on any atom is -0.460 e. The molecule has 5 N–H and O–H groups in total. The number of carbonyl (C=O) groups excluding carboxylic acids is 1. The number of hydrogen-bond donors (Lipinski definition) is 3. The molecule has 0 saturated carbocycles. The normalized spacial score (nSPS) is 21.9. The lowest BCUT2D eigenvalue weighted by molar-refractivity contribution is -0.164. The van der Waals surface area contributed by atoms with Gasteiger partial charge < -0.3 is 26.0 Å². The van der Waals surface area contributed by atoms with Crippen LogP contribution in [0.15, 0.2) is 60.7 Å². The first-order chi connectivity index (χ1) is 18.1. The van der Waals surface area contributed by atoms with Crippen LogP contribution in [-0.2, 0) is 36.2 Å². The average molecular weight is 561 g/mol. The third-order valence-electron chi connectivity index (χ3n) is 7.13. The van der Waals surface area contributed by atoms with Crippen molar-refractivity contribution in [2.45, 2.75) is 88.7 Å². The van der Waals surface area contributed by atoms with Crippen LogP contribution in [-0.4, -0.2) is 54.4 Å². The number of nitrogens with two attached hydrogens (primary N) is 2. The Hall–Kier alpha value is -2.30. The highest BCUT2D eigenvalue weighted by atomic mass is 32.2. The molecule has 1 heterocycles. The van der Waals surface area contributed by atoms with Crippen molar-refractivity contribution in [3.05, 3.63) is 71.8 Å². The Morgan fingerprint density at radius 2 is 1.59 bits per heavy atom. The second-order valence-corrected chi connectivity index (χ2v) is 14.3. The second-order valence-electron chi connectivity index (χ2n) is 12.0. The fourth-order valence-electron chi connectivity index (χ4n) is 5.36. The van der Waals surface area contributed by atoms with Crippen molar-refractivity contribution in [2.24, 2.45) is 23.3 Å². The van der Waals surface area contributed by atoms with Gasteiger partial charge in [0.2, 0.25) is 0 Å². The molecular formula is C30H44N2O6S. The van der Waals surface area contributed by atoms with Gasteiger partial charge in [0.15, 0.2) is 9.84 Å². The Morgan fingerprint density at radius 3 is 2.13 bits per heavy atom. The van der Waals surface area contributed by atoms with Crippen molar-refractivity contribution in [2.75, 3.05) is 5.75 Å². The summed E-state index contributed by atoms with van der Waals surface area (Å²) in [6.07, 6.45) is -2.61. The summed E-state index contributed by atoms with van der Waals surface area (Å²) in [6.45, 7) is 9.05. The van der Waals surface area contributed by atoms with Gasteiger partial charge in [0.05, 0.1) is 29.1 Å². The number of carbonyl (C=O) groups is 1. The van der Waals surface area contributed by atoms with E-state index in [9.17, 15) is 18.3 Å². The van der Waals surface area contributed by atoms with E-state index in [-0.39, 0.29) is 24.5 Å². The standard InChI is InChI=1S/C30H44N2O6S/c1-20(2)26-25(16-17-39(26,35)36)37-27(30(31,32)23-14-10-7-11-15-23)24(33)19-22(28(34)38-29(3,4)5)18-21-12-8-6-9-13-21/h6-15,20,22,24-27,33H,16-19,31-32H2,1-5H3/t22-,24-,25-,26-,27+/m0/s1. The third kappa shape index (κ3) is 8.11. The molecule has 216 valence electrons. The summed E-state index contributed by atoms with van der Waals surface area (Å²) in [6, 6.07) is 18.3. The van der Waals surface area contributed by atoms with Crippen LogP contribution in [0.4, 0.5) is 0 Å². The van der Waals surface area contributed by atoms with Gasteiger partial charge in [-0.05, 0) is 57.1 Å². The summed E-state index contributed by atoms with van der Waals surface area (Å²) in [5.41, 5.74) is 12.4. The highest BCUT2D eigenvalue weighted by molar-refractivity contribution is 7.92. The third-order valence-corrected chi connectivity index (χ3v) is 9.61. The van der Waals surface area contributed by atoms with Crippen LogP contribution in [0.1, 0.15) is 58.6 Å². The Labute approximate surface area is 233 Å². The van der Waals surface area contributed by atoms with E-state index in [1.54, 1.807) is 45.0 Å². The van der Waals surface area contributed by atoms with E-state index in [0.29, 0.717) is 12.0 Å². The summed E-state index contributed by atoms with van der Waals surface area (Å²) in [4.78, 5) is 13.3. The zero-order valence-corrected chi connectivity index (χ0v) is 24.4. The molecule has 1 fully saturated rings. The van der Waals surface area contributed by atoms with Gasteiger partial charge in [-0.25, -0.2) is 8.42 Å². The van der Waals surface area contributed by atoms with Gasteiger partial charge >= 0.3 is 5.97 Å². The molecule has 8 nitrogen and oxygen atoms in total. The van der Waals surface area contributed by atoms with Gasteiger partial charge in [-0.3, -0.25) is 4.79 Å². The molecular weight excluding hydrogens is 516 g/mol. The molecule has 1 aliphatic heterocycles. The number of aliphatic hydroxyl groups excluding tert-OH is 1. The van der Waals surface area contributed by atoms with Crippen LogP contribution in [0.3, 0.4) is 0 Å². The van der Waals surface area contributed by atoms with E-state index in [2.05, 4.69) is 0 Å². The number of ether oxygens (including phenoxy) is 2. The molecule has 2 aromatic rings. The molecule has 0 spiro atoms. The molecule has 9 heteroatoms. The fourth-order valence-corrected chi connectivity index (χ4v) is 7.69. The van der Waals surface area contributed by atoms with Crippen LogP contribution in [0.25, 0.3) is 0 Å². The first-order valence-electron chi connectivity index (χ1n) is 13.6. The monoisotopic (exact) mass is 560 g/mol. The predicted octanol–water partition coefficient (Wildman–Crippen LogP) is 3.31. The van der Waals surface area contributed by atoms with E-state index in [1.807, 2.05) is 50.2 Å². The van der Waals surface area contributed by atoms with E-state index >= 15 is 0 Å². The van der Waals surface area contributed by atoms with Crippen LogP contribution in [0.5, 0.6) is 0 Å². The topological polar surface area (TPSA) is 142 Å². The van der Waals surface area contributed by atoms with Crippen molar-refractivity contribution in [1.82, 2.24) is 0 Å². The number of esters is 1. The summed E-state index contributed by atoms with van der Waals surface area (Å²) in [5, 5.41) is 10.9. The lowest BCUT2D eigenvalue weighted by Gasteiger charge is -2.40. The van der Waals surface area contributed by atoms with Gasteiger partial charge in [-0.15, -0.1) is 0 Å². The maximum atomic E-state index is 13.3. The zero-order chi connectivity index (χ0) is 29.0. The molecule has 0 aromatic heterocycles. The maximum Gasteiger partial charge on any atom is 0.309 e.